The monoisotopic (exact) mass is 414 g/mol. The molecule has 29 heavy (non-hydrogen) atoms. The zero-order chi connectivity index (χ0) is 19.3. The average molecular weight is 415 g/mol. The highest BCUT2D eigenvalue weighted by Gasteiger charge is 2.16. The molecule has 0 saturated carbocycles. The Kier molecular flexibility index (Phi) is 6.95. The van der Waals surface area contributed by atoms with Crippen LogP contribution in [0.1, 0.15) is 11.3 Å². The first-order valence-electron chi connectivity index (χ1n) is 9.42. The fourth-order valence-electron chi connectivity index (χ4n) is 3.36. The fourth-order valence-corrected chi connectivity index (χ4v) is 3.36. The summed E-state index contributed by atoms with van der Waals surface area (Å²) in [5.74, 6) is 0.390. The largest absolute Gasteiger partial charge is 0.369 e. The summed E-state index contributed by atoms with van der Waals surface area (Å²) < 4.78 is 14.8. The molecule has 1 aromatic carbocycles. The van der Waals surface area contributed by atoms with E-state index in [2.05, 4.69) is 37.0 Å². The Morgan fingerprint density at radius 2 is 1.72 bits per heavy atom. The van der Waals surface area contributed by atoms with Crippen molar-refractivity contribution in [3.05, 3.63) is 72.1 Å². The van der Waals surface area contributed by atoms with Crippen LogP contribution in [-0.4, -0.2) is 57.4 Å². The van der Waals surface area contributed by atoms with E-state index in [0.29, 0.717) is 5.95 Å². The van der Waals surface area contributed by atoms with Crippen molar-refractivity contribution in [2.24, 2.45) is 0 Å². The van der Waals surface area contributed by atoms with Gasteiger partial charge in [0.25, 0.3) is 5.95 Å². The summed E-state index contributed by atoms with van der Waals surface area (Å²) in [7, 11) is 0. The zero-order valence-corrected chi connectivity index (χ0v) is 17.1. The summed E-state index contributed by atoms with van der Waals surface area (Å²) in [4.78, 5) is 13.2. The molecule has 6 nitrogen and oxygen atoms in total. The Morgan fingerprint density at radius 3 is 2.41 bits per heavy atom. The Balaban J connectivity index is 0.00000240. The van der Waals surface area contributed by atoms with Gasteiger partial charge < -0.3 is 4.90 Å². The highest BCUT2D eigenvalue weighted by molar-refractivity contribution is 5.85. The van der Waals surface area contributed by atoms with E-state index in [-0.39, 0.29) is 18.2 Å². The number of rotatable bonds is 5. The van der Waals surface area contributed by atoms with Gasteiger partial charge in [0.05, 0.1) is 11.9 Å². The van der Waals surface area contributed by atoms with Gasteiger partial charge in [-0.25, -0.2) is 19.0 Å². The van der Waals surface area contributed by atoms with Crippen molar-refractivity contribution in [2.45, 2.75) is 6.92 Å². The van der Waals surface area contributed by atoms with Crippen LogP contribution in [-0.2, 0) is 0 Å². The van der Waals surface area contributed by atoms with Crippen LogP contribution in [0.25, 0.3) is 12.0 Å². The average Bonchev–Trinajstić information content (AvgIpc) is 3.10. The van der Waals surface area contributed by atoms with Gasteiger partial charge in [0.15, 0.2) is 0 Å². The number of hydrogen-bond donors (Lipinski definition) is 0. The predicted octanol–water partition coefficient (Wildman–Crippen LogP) is 3.37. The fraction of sp³-hybridized carbons (Fsp3) is 0.286. The van der Waals surface area contributed by atoms with Crippen molar-refractivity contribution in [3.8, 4) is 5.95 Å². The van der Waals surface area contributed by atoms with Crippen LogP contribution in [0.5, 0.6) is 0 Å². The molecular formula is C21H24ClFN6. The molecule has 0 amide bonds. The lowest BCUT2D eigenvalue weighted by Crippen LogP contribution is -2.46. The second-order valence-electron chi connectivity index (χ2n) is 6.81. The van der Waals surface area contributed by atoms with Gasteiger partial charge in [-0.05, 0) is 37.3 Å². The predicted molar refractivity (Wildman–Crippen MR) is 115 cm³/mol. The minimum absolute atomic E-state index is 0. The van der Waals surface area contributed by atoms with Crippen molar-refractivity contribution in [3.63, 3.8) is 0 Å². The second kappa shape index (κ2) is 9.62. The van der Waals surface area contributed by atoms with Crippen LogP contribution in [0.4, 0.5) is 10.1 Å². The van der Waals surface area contributed by atoms with E-state index >= 15 is 0 Å². The van der Waals surface area contributed by atoms with Gasteiger partial charge in [0, 0.05) is 56.4 Å². The van der Waals surface area contributed by atoms with Crippen molar-refractivity contribution in [1.29, 1.82) is 0 Å². The molecule has 1 aliphatic rings. The van der Waals surface area contributed by atoms with E-state index in [9.17, 15) is 4.39 Å². The maximum Gasteiger partial charge on any atom is 0.250 e. The number of hydrogen-bond acceptors (Lipinski definition) is 5. The molecule has 0 unspecified atom stereocenters. The van der Waals surface area contributed by atoms with E-state index in [0.717, 1.165) is 49.7 Å². The van der Waals surface area contributed by atoms with Crippen LogP contribution in [0.2, 0.25) is 0 Å². The third-order valence-corrected chi connectivity index (χ3v) is 5.01. The standard InChI is InChI=1S/C21H23FN6.ClH/c1-17-18(16-25-28(17)21-23-9-3-10-24-21)4-2-11-26-12-14-27(15-13-26)20-7-5-19(22)6-8-20;/h2-10,16H,11-15H2,1H3;1H/b4-2+;. The molecule has 1 aliphatic heterocycles. The SMILES string of the molecule is Cc1c(/C=C/CN2CCN(c3ccc(F)cc3)CC2)cnn1-c1ncccn1.Cl. The molecule has 0 N–H and O–H groups in total. The first-order chi connectivity index (χ1) is 13.7. The Labute approximate surface area is 176 Å². The van der Waals surface area contributed by atoms with E-state index in [1.165, 1.54) is 12.1 Å². The molecule has 0 atom stereocenters. The van der Waals surface area contributed by atoms with Crippen molar-refractivity contribution in [2.75, 3.05) is 37.6 Å². The quantitative estimate of drug-likeness (QED) is 0.640. The highest BCUT2D eigenvalue weighted by atomic mass is 35.5. The molecule has 3 heterocycles. The molecule has 1 saturated heterocycles. The third kappa shape index (κ3) is 4.99. The topological polar surface area (TPSA) is 50.1 Å². The van der Waals surface area contributed by atoms with Crippen LogP contribution in [0.15, 0.2) is 55.0 Å². The number of halogens is 2. The molecule has 0 bridgehead atoms. The Hall–Kier alpha value is -2.77. The van der Waals surface area contributed by atoms with Crippen LogP contribution in [0, 0.1) is 12.7 Å². The van der Waals surface area contributed by atoms with Gasteiger partial charge in [-0.3, -0.25) is 4.90 Å². The lowest BCUT2D eigenvalue weighted by molar-refractivity contribution is 0.284. The Morgan fingerprint density at radius 1 is 1.03 bits per heavy atom. The molecule has 3 aromatic rings. The van der Waals surface area contributed by atoms with Crippen molar-refractivity contribution < 1.29 is 4.39 Å². The van der Waals surface area contributed by atoms with Gasteiger partial charge >= 0.3 is 0 Å². The first kappa shape index (κ1) is 21.0. The number of aromatic nitrogens is 4. The smallest absolute Gasteiger partial charge is 0.250 e. The molecule has 2 aromatic heterocycles. The number of anilines is 1. The number of nitrogens with zero attached hydrogens (tertiary/aromatic N) is 6. The first-order valence-corrected chi connectivity index (χ1v) is 9.42. The van der Waals surface area contributed by atoms with Crippen LogP contribution >= 0.6 is 12.4 Å². The summed E-state index contributed by atoms with van der Waals surface area (Å²) in [5, 5.41) is 4.39. The number of piperazine rings is 1. The van der Waals surface area contributed by atoms with Gasteiger partial charge in [0.1, 0.15) is 5.82 Å². The maximum atomic E-state index is 13.1. The molecule has 0 aliphatic carbocycles. The molecule has 152 valence electrons. The zero-order valence-electron chi connectivity index (χ0n) is 16.3. The van der Waals surface area contributed by atoms with E-state index < -0.39 is 0 Å². The molecule has 8 heteroatoms. The van der Waals surface area contributed by atoms with E-state index in [1.54, 1.807) is 23.1 Å². The van der Waals surface area contributed by atoms with Crippen molar-refractivity contribution >= 4 is 24.2 Å². The van der Waals surface area contributed by atoms with Gasteiger partial charge in [0.2, 0.25) is 0 Å². The summed E-state index contributed by atoms with van der Waals surface area (Å²) in [6, 6.07) is 8.53. The minimum Gasteiger partial charge on any atom is -0.369 e. The summed E-state index contributed by atoms with van der Waals surface area (Å²) in [6.45, 7) is 6.77. The normalized spacial score (nSPS) is 14.9. The second-order valence-corrected chi connectivity index (χ2v) is 6.81. The molecule has 0 spiro atoms. The summed E-state index contributed by atoms with van der Waals surface area (Å²) in [6.07, 6.45) is 9.55. The molecule has 0 radical (unpaired) electrons. The highest BCUT2D eigenvalue weighted by Crippen LogP contribution is 2.17. The molecule has 1 fully saturated rings. The van der Waals surface area contributed by atoms with Gasteiger partial charge in [-0.15, -0.1) is 12.4 Å². The van der Waals surface area contributed by atoms with Crippen molar-refractivity contribution in [1.82, 2.24) is 24.6 Å². The minimum atomic E-state index is -0.190. The molecular weight excluding hydrogens is 391 g/mol. The van der Waals surface area contributed by atoms with Crippen LogP contribution < -0.4 is 4.90 Å². The van der Waals surface area contributed by atoms with E-state index in [1.807, 2.05) is 25.3 Å². The lowest BCUT2D eigenvalue weighted by Gasteiger charge is -2.35. The maximum absolute atomic E-state index is 13.1. The Bertz CT molecular complexity index is 934. The third-order valence-electron chi connectivity index (χ3n) is 5.01. The lowest BCUT2D eigenvalue weighted by atomic mass is 10.2. The van der Waals surface area contributed by atoms with Gasteiger partial charge in [-0.2, -0.15) is 5.10 Å². The number of benzene rings is 1. The van der Waals surface area contributed by atoms with E-state index in [4.69, 9.17) is 0 Å². The summed E-state index contributed by atoms with van der Waals surface area (Å²) in [5.41, 5.74) is 3.17. The molecule has 4 rings (SSSR count). The van der Waals surface area contributed by atoms with Crippen LogP contribution in [0.3, 0.4) is 0 Å². The summed E-state index contributed by atoms with van der Waals surface area (Å²) >= 11 is 0. The van der Waals surface area contributed by atoms with Gasteiger partial charge in [-0.1, -0.05) is 12.2 Å².